The molecule has 6 nitrogen and oxygen atoms in total. The quantitative estimate of drug-likeness (QED) is 0.853. The molecule has 6 heteroatoms. The Balaban J connectivity index is 1.14. The molecule has 4 bridgehead atoms. The van der Waals surface area contributed by atoms with Gasteiger partial charge in [-0.2, -0.15) is 0 Å². The monoisotopic (exact) mass is 396 g/mol. The number of carbonyl (C=O) groups is 2. The number of carbonyl (C=O) groups excluding carboxylic acids is 2. The van der Waals surface area contributed by atoms with E-state index in [-0.39, 0.29) is 24.2 Å². The largest absolute Gasteiger partial charge is 0.486 e. The maximum absolute atomic E-state index is 13.1. The molecule has 7 rings (SSSR count). The molecule has 6 aliphatic rings. The summed E-state index contributed by atoms with van der Waals surface area (Å²) in [6, 6.07) is 5.90. The summed E-state index contributed by atoms with van der Waals surface area (Å²) in [6.07, 6.45) is 6.83. The summed E-state index contributed by atoms with van der Waals surface area (Å²) >= 11 is 0. The third-order valence-electron chi connectivity index (χ3n) is 7.87. The summed E-state index contributed by atoms with van der Waals surface area (Å²) in [5, 5.41) is 3.38. The van der Waals surface area contributed by atoms with E-state index in [1.165, 1.54) is 32.1 Å². The summed E-state index contributed by atoms with van der Waals surface area (Å²) in [7, 11) is 0. The van der Waals surface area contributed by atoms with E-state index in [0.717, 1.165) is 17.5 Å². The summed E-state index contributed by atoms with van der Waals surface area (Å²) in [5.74, 6) is 4.28. The van der Waals surface area contributed by atoms with Crippen LogP contribution >= 0.6 is 0 Å². The molecule has 1 aromatic rings. The summed E-state index contributed by atoms with van der Waals surface area (Å²) in [5.41, 5.74) is 0.782. The van der Waals surface area contributed by atoms with Gasteiger partial charge in [0.25, 0.3) is 0 Å². The number of nitrogens with one attached hydrogen (secondary N) is 1. The second kappa shape index (κ2) is 6.64. The fraction of sp³-hybridized carbons (Fsp3) is 0.652. The number of benzene rings is 1. The van der Waals surface area contributed by atoms with Crippen molar-refractivity contribution >= 4 is 17.5 Å². The van der Waals surface area contributed by atoms with Gasteiger partial charge in [-0.3, -0.25) is 9.59 Å². The molecule has 154 valence electrons. The SMILES string of the molecule is O=C(NC1C2CC3CC(C2)CC1C3)[C@@H]1CC(=O)N(c2ccc3c(c2)OCCO3)C1. The maximum atomic E-state index is 13.1. The van der Waals surface area contributed by atoms with Crippen LogP contribution in [0.5, 0.6) is 11.5 Å². The van der Waals surface area contributed by atoms with Crippen LogP contribution in [-0.4, -0.2) is 37.6 Å². The first-order valence-electron chi connectivity index (χ1n) is 11.1. The Kier molecular flexibility index (Phi) is 4.03. The third-order valence-corrected chi connectivity index (χ3v) is 7.87. The molecule has 2 heterocycles. The standard InChI is InChI=1S/C23H28N2O4/c26-21-10-17(12-25(21)18-1-2-19-20(11-18)29-4-3-28-19)23(27)24-22-15-6-13-5-14(8-15)9-16(22)7-13/h1-2,11,13-17,22H,3-10,12H2,(H,24,27)/t13?,14?,15?,16?,17-,22?/m1/s1. The van der Waals surface area contributed by atoms with Crippen molar-refractivity contribution in [3.63, 3.8) is 0 Å². The van der Waals surface area contributed by atoms with E-state index in [1.54, 1.807) is 4.90 Å². The minimum atomic E-state index is -0.270. The van der Waals surface area contributed by atoms with Gasteiger partial charge >= 0.3 is 0 Å². The topological polar surface area (TPSA) is 67.9 Å². The molecule has 29 heavy (non-hydrogen) atoms. The van der Waals surface area contributed by atoms with Gasteiger partial charge < -0.3 is 19.7 Å². The highest BCUT2D eigenvalue weighted by Gasteiger charge is 2.49. The molecule has 5 fully saturated rings. The van der Waals surface area contributed by atoms with Crippen LogP contribution in [0.2, 0.25) is 0 Å². The Morgan fingerprint density at radius 2 is 1.66 bits per heavy atom. The van der Waals surface area contributed by atoms with Gasteiger partial charge in [0.15, 0.2) is 11.5 Å². The Morgan fingerprint density at radius 3 is 2.38 bits per heavy atom. The minimum absolute atomic E-state index is 0.00640. The first kappa shape index (κ1) is 17.6. The Labute approximate surface area is 170 Å². The number of amides is 2. The van der Waals surface area contributed by atoms with Crippen LogP contribution in [-0.2, 0) is 9.59 Å². The predicted octanol–water partition coefficient (Wildman–Crippen LogP) is 2.75. The van der Waals surface area contributed by atoms with Gasteiger partial charge in [-0.15, -0.1) is 0 Å². The molecule has 1 atom stereocenters. The fourth-order valence-electron chi connectivity index (χ4n) is 6.78. The van der Waals surface area contributed by atoms with Crippen LogP contribution in [0, 0.1) is 29.6 Å². The normalized spacial score (nSPS) is 37.1. The number of anilines is 1. The van der Waals surface area contributed by atoms with Gasteiger partial charge in [-0.1, -0.05) is 0 Å². The molecule has 4 saturated carbocycles. The van der Waals surface area contributed by atoms with Crippen LogP contribution in [0.3, 0.4) is 0 Å². The first-order valence-corrected chi connectivity index (χ1v) is 11.1. The fourth-order valence-corrected chi connectivity index (χ4v) is 6.78. The molecule has 4 aliphatic carbocycles. The van der Waals surface area contributed by atoms with E-state index in [2.05, 4.69) is 5.32 Å². The van der Waals surface area contributed by atoms with Gasteiger partial charge in [0.05, 0.1) is 5.92 Å². The summed E-state index contributed by atoms with van der Waals surface area (Å²) in [6.45, 7) is 1.50. The van der Waals surface area contributed by atoms with E-state index in [4.69, 9.17) is 9.47 Å². The van der Waals surface area contributed by atoms with E-state index in [0.29, 0.717) is 49.1 Å². The zero-order valence-electron chi connectivity index (χ0n) is 16.6. The molecule has 0 spiro atoms. The van der Waals surface area contributed by atoms with Crippen LogP contribution in [0.15, 0.2) is 18.2 Å². The highest BCUT2D eigenvalue weighted by Crippen LogP contribution is 2.53. The third kappa shape index (κ3) is 2.99. The molecule has 2 amide bonds. The lowest BCUT2D eigenvalue weighted by Crippen LogP contribution is -2.56. The number of nitrogens with zero attached hydrogens (tertiary/aromatic N) is 1. The van der Waals surface area contributed by atoms with Gasteiger partial charge in [0.2, 0.25) is 11.8 Å². The smallest absolute Gasteiger partial charge is 0.227 e. The maximum Gasteiger partial charge on any atom is 0.227 e. The van der Waals surface area contributed by atoms with Crippen LogP contribution < -0.4 is 19.7 Å². The highest BCUT2D eigenvalue weighted by molar-refractivity contribution is 6.00. The van der Waals surface area contributed by atoms with Gasteiger partial charge in [0, 0.05) is 30.8 Å². The second-order valence-corrected chi connectivity index (χ2v) is 9.70. The summed E-state index contributed by atoms with van der Waals surface area (Å²) < 4.78 is 11.2. The number of fused-ring (bicyclic) bond motifs is 1. The number of rotatable bonds is 3. The minimum Gasteiger partial charge on any atom is -0.486 e. The molecule has 0 unspecified atom stereocenters. The average Bonchev–Trinajstić information content (AvgIpc) is 3.11. The van der Waals surface area contributed by atoms with Crippen molar-refractivity contribution in [1.29, 1.82) is 0 Å². The van der Waals surface area contributed by atoms with Crippen LogP contribution in [0.1, 0.15) is 38.5 Å². The van der Waals surface area contributed by atoms with Crippen molar-refractivity contribution in [2.45, 2.75) is 44.6 Å². The lowest BCUT2D eigenvalue weighted by Gasteiger charge is -2.54. The highest BCUT2D eigenvalue weighted by atomic mass is 16.6. The van der Waals surface area contributed by atoms with Crippen molar-refractivity contribution in [3.8, 4) is 11.5 Å². The van der Waals surface area contributed by atoms with Gasteiger partial charge in [0.1, 0.15) is 13.2 Å². The van der Waals surface area contributed by atoms with E-state index in [9.17, 15) is 9.59 Å². The second-order valence-electron chi connectivity index (χ2n) is 9.70. The molecule has 1 N–H and O–H groups in total. The van der Waals surface area contributed by atoms with E-state index >= 15 is 0 Å². The first-order chi connectivity index (χ1) is 14.1. The zero-order valence-corrected chi connectivity index (χ0v) is 16.6. The van der Waals surface area contributed by atoms with Crippen molar-refractivity contribution in [3.05, 3.63) is 18.2 Å². The molecule has 1 aromatic carbocycles. The Hall–Kier alpha value is -2.24. The molecular formula is C23H28N2O4. The molecule has 1 saturated heterocycles. The number of hydrogen-bond acceptors (Lipinski definition) is 4. The Morgan fingerprint density at radius 1 is 0.966 bits per heavy atom. The molecule has 0 radical (unpaired) electrons. The van der Waals surface area contributed by atoms with Crippen LogP contribution in [0.4, 0.5) is 5.69 Å². The molecule has 0 aromatic heterocycles. The summed E-state index contributed by atoms with van der Waals surface area (Å²) in [4.78, 5) is 27.4. The number of hydrogen-bond donors (Lipinski definition) is 1. The predicted molar refractivity (Wildman–Crippen MR) is 107 cm³/mol. The van der Waals surface area contributed by atoms with Crippen molar-refractivity contribution in [2.24, 2.45) is 29.6 Å². The lowest BCUT2D eigenvalue weighted by molar-refractivity contribution is -0.129. The number of ether oxygens (including phenoxy) is 2. The lowest BCUT2D eigenvalue weighted by atomic mass is 9.54. The van der Waals surface area contributed by atoms with Crippen molar-refractivity contribution in [2.75, 3.05) is 24.7 Å². The average molecular weight is 396 g/mol. The van der Waals surface area contributed by atoms with Crippen molar-refractivity contribution < 1.29 is 19.1 Å². The van der Waals surface area contributed by atoms with E-state index in [1.807, 2.05) is 18.2 Å². The van der Waals surface area contributed by atoms with Gasteiger partial charge in [-0.05, 0) is 67.9 Å². The zero-order chi connectivity index (χ0) is 19.5. The van der Waals surface area contributed by atoms with Crippen molar-refractivity contribution in [1.82, 2.24) is 5.32 Å². The molecule has 2 aliphatic heterocycles. The molecular weight excluding hydrogens is 368 g/mol. The Bertz CT molecular complexity index is 825. The van der Waals surface area contributed by atoms with E-state index < -0.39 is 0 Å². The van der Waals surface area contributed by atoms with Gasteiger partial charge in [-0.25, -0.2) is 0 Å². The van der Waals surface area contributed by atoms with Crippen LogP contribution in [0.25, 0.3) is 0 Å².